The summed E-state index contributed by atoms with van der Waals surface area (Å²) in [6.07, 6.45) is 2.73. The number of nitrogens with one attached hydrogen (secondary N) is 1. The molecule has 1 unspecified atom stereocenters. The van der Waals surface area contributed by atoms with Crippen molar-refractivity contribution < 1.29 is 18.0 Å². The van der Waals surface area contributed by atoms with Gasteiger partial charge < -0.3 is 10.2 Å². The standard InChI is InChI=1S/C33H42ClN3O4S/c1-5-26-16-18-30(19-17-26)37(42(4,40)41)20-10-15-32(38)36(24-28-13-9-14-29(34)21-28)31(33(39)35-23-25(2)3)22-27-11-7-6-8-12-27/h6-9,11-14,16-19,21,25,31H,5,10,15,20,22-24H2,1-4H3,(H,35,39). The van der Waals surface area contributed by atoms with Crippen LogP contribution in [0.2, 0.25) is 5.02 Å². The number of sulfonamides is 1. The second-order valence-electron chi connectivity index (χ2n) is 11.0. The second-order valence-corrected chi connectivity index (χ2v) is 13.3. The van der Waals surface area contributed by atoms with Crippen molar-refractivity contribution in [1.29, 1.82) is 0 Å². The van der Waals surface area contributed by atoms with Crippen LogP contribution in [0.15, 0.2) is 78.9 Å². The summed E-state index contributed by atoms with van der Waals surface area (Å²) < 4.78 is 26.7. The number of carbonyl (C=O) groups is 2. The van der Waals surface area contributed by atoms with Crippen LogP contribution in [0.5, 0.6) is 0 Å². The molecule has 0 aliphatic heterocycles. The maximum absolute atomic E-state index is 13.9. The molecule has 3 rings (SSSR count). The molecule has 0 aliphatic carbocycles. The summed E-state index contributed by atoms with van der Waals surface area (Å²) in [5.74, 6) is -0.209. The van der Waals surface area contributed by atoms with Crippen LogP contribution in [0.4, 0.5) is 5.69 Å². The maximum atomic E-state index is 13.9. The topological polar surface area (TPSA) is 86.8 Å². The zero-order chi connectivity index (χ0) is 30.7. The summed E-state index contributed by atoms with van der Waals surface area (Å²) in [7, 11) is -3.57. The third-order valence-electron chi connectivity index (χ3n) is 6.98. The minimum absolute atomic E-state index is 0.0718. The van der Waals surface area contributed by atoms with Crippen LogP contribution >= 0.6 is 11.6 Å². The molecule has 42 heavy (non-hydrogen) atoms. The van der Waals surface area contributed by atoms with Crippen LogP contribution in [0.1, 0.15) is 50.3 Å². The van der Waals surface area contributed by atoms with Crippen molar-refractivity contribution in [3.05, 3.63) is 101 Å². The van der Waals surface area contributed by atoms with Gasteiger partial charge in [-0.15, -0.1) is 0 Å². The van der Waals surface area contributed by atoms with Gasteiger partial charge in [-0.3, -0.25) is 13.9 Å². The van der Waals surface area contributed by atoms with E-state index in [1.807, 2.05) is 75.4 Å². The van der Waals surface area contributed by atoms with Crippen molar-refractivity contribution in [2.75, 3.05) is 23.7 Å². The van der Waals surface area contributed by atoms with Gasteiger partial charge >= 0.3 is 0 Å². The highest BCUT2D eigenvalue weighted by Crippen LogP contribution is 2.22. The molecule has 1 atom stereocenters. The van der Waals surface area contributed by atoms with E-state index in [1.54, 1.807) is 29.2 Å². The van der Waals surface area contributed by atoms with Gasteiger partial charge in [0.1, 0.15) is 6.04 Å². The Morgan fingerprint density at radius 2 is 1.57 bits per heavy atom. The molecule has 0 saturated heterocycles. The molecule has 226 valence electrons. The fourth-order valence-electron chi connectivity index (χ4n) is 4.71. The summed E-state index contributed by atoms with van der Waals surface area (Å²) >= 11 is 6.26. The lowest BCUT2D eigenvalue weighted by Crippen LogP contribution is -2.51. The van der Waals surface area contributed by atoms with Crippen molar-refractivity contribution in [3.63, 3.8) is 0 Å². The molecule has 3 aromatic carbocycles. The van der Waals surface area contributed by atoms with E-state index in [0.29, 0.717) is 30.1 Å². The molecular formula is C33H42ClN3O4S. The highest BCUT2D eigenvalue weighted by molar-refractivity contribution is 7.92. The summed E-state index contributed by atoms with van der Waals surface area (Å²) in [5.41, 5.74) is 3.41. The Morgan fingerprint density at radius 1 is 0.905 bits per heavy atom. The largest absolute Gasteiger partial charge is 0.354 e. The smallest absolute Gasteiger partial charge is 0.243 e. The van der Waals surface area contributed by atoms with E-state index in [2.05, 4.69) is 5.32 Å². The first-order valence-corrected chi connectivity index (χ1v) is 16.6. The highest BCUT2D eigenvalue weighted by atomic mass is 35.5. The average molecular weight is 612 g/mol. The molecule has 0 spiro atoms. The molecule has 9 heteroatoms. The molecule has 1 N–H and O–H groups in total. The molecule has 0 aromatic heterocycles. The number of nitrogens with zero attached hydrogens (tertiary/aromatic N) is 2. The van der Waals surface area contributed by atoms with E-state index in [0.717, 1.165) is 23.1 Å². The summed E-state index contributed by atoms with van der Waals surface area (Å²) in [4.78, 5) is 29.1. The average Bonchev–Trinajstić information content (AvgIpc) is 2.95. The van der Waals surface area contributed by atoms with E-state index in [-0.39, 0.29) is 37.2 Å². The Kier molecular flexibility index (Phi) is 12.4. The molecule has 3 aromatic rings. The van der Waals surface area contributed by atoms with Crippen molar-refractivity contribution in [2.45, 2.75) is 59.0 Å². The van der Waals surface area contributed by atoms with Gasteiger partial charge in [-0.1, -0.05) is 87.0 Å². The van der Waals surface area contributed by atoms with Crippen LogP contribution in [-0.4, -0.2) is 50.5 Å². The van der Waals surface area contributed by atoms with Gasteiger partial charge in [0.05, 0.1) is 11.9 Å². The van der Waals surface area contributed by atoms with Gasteiger partial charge in [-0.05, 0) is 59.7 Å². The molecule has 2 amide bonds. The number of hydrogen-bond donors (Lipinski definition) is 1. The normalized spacial score (nSPS) is 12.1. The fourth-order valence-corrected chi connectivity index (χ4v) is 5.89. The minimum Gasteiger partial charge on any atom is -0.354 e. The summed E-state index contributed by atoms with van der Waals surface area (Å²) in [6.45, 7) is 6.90. The lowest BCUT2D eigenvalue weighted by Gasteiger charge is -2.32. The number of benzene rings is 3. The predicted molar refractivity (Wildman–Crippen MR) is 171 cm³/mol. The van der Waals surface area contributed by atoms with Gasteiger partial charge in [-0.25, -0.2) is 8.42 Å². The lowest BCUT2D eigenvalue weighted by atomic mass is 10.0. The van der Waals surface area contributed by atoms with Crippen molar-refractivity contribution in [2.24, 2.45) is 5.92 Å². The molecule has 0 radical (unpaired) electrons. The molecule has 0 saturated carbocycles. The second kappa shape index (κ2) is 15.8. The number of rotatable bonds is 15. The van der Waals surface area contributed by atoms with E-state index < -0.39 is 16.1 Å². The van der Waals surface area contributed by atoms with Crippen molar-refractivity contribution in [3.8, 4) is 0 Å². The number of aryl methyl sites for hydroxylation is 1. The lowest BCUT2D eigenvalue weighted by molar-refractivity contribution is -0.141. The number of amides is 2. The Balaban J connectivity index is 1.87. The van der Waals surface area contributed by atoms with Crippen molar-refractivity contribution >= 4 is 39.1 Å². The van der Waals surface area contributed by atoms with Crippen LogP contribution in [0.25, 0.3) is 0 Å². The van der Waals surface area contributed by atoms with Gasteiger partial charge in [0.2, 0.25) is 21.8 Å². The highest BCUT2D eigenvalue weighted by Gasteiger charge is 2.30. The molecule has 0 fully saturated rings. The fraction of sp³-hybridized carbons (Fsp3) is 0.394. The molecular weight excluding hydrogens is 570 g/mol. The monoisotopic (exact) mass is 611 g/mol. The Labute approximate surface area is 255 Å². The first kappa shape index (κ1) is 33.1. The number of anilines is 1. The first-order chi connectivity index (χ1) is 20.0. The number of hydrogen-bond acceptors (Lipinski definition) is 4. The van der Waals surface area contributed by atoms with Crippen LogP contribution in [0, 0.1) is 5.92 Å². The third-order valence-corrected chi connectivity index (χ3v) is 8.41. The summed E-state index contributed by atoms with van der Waals surface area (Å²) in [6, 6.07) is 23.5. The molecule has 7 nitrogen and oxygen atoms in total. The van der Waals surface area contributed by atoms with Gasteiger partial charge in [-0.2, -0.15) is 0 Å². The van der Waals surface area contributed by atoms with Gasteiger partial charge in [0, 0.05) is 37.5 Å². The number of halogens is 1. The Hall–Kier alpha value is -3.36. The summed E-state index contributed by atoms with van der Waals surface area (Å²) in [5, 5.41) is 3.56. The molecule has 0 aliphatic rings. The Bertz CT molecular complexity index is 1410. The number of carbonyl (C=O) groups excluding carboxylic acids is 2. The van der Waals surface area contributed by atoms with Crippen LogP contribution in [0.3, 0.4) is 0 Å². The third kappa shape index (κ3) is 10.2. The maximum Gasteiger partial charge on any atom is 0.243 e. The van der Waals surface area contributed by atoms with Gasteiger partial charge in [0.25, 0.3) is 0 Å². The van der Waals surface area contributed by atoms with E-state index in [4.69, 9.17) is 11.6 Å². The van der Waals surface area contributed by atoms with Crippen LogP contribution in [-0.2, 0) is 39.0 Å². The molecule has 0 bridgehead atoms. The van der Waals surface area contributed by atoms with E-state index in [9.17, 15) is 18.0 Å². The first-order valence-electron chi connectivity index (χ1n) is 14.4. The quantitative estimate of drug-likeness (QED) is 0.233. The molecule has 0 heterocycles. The van der Waals surface area contributed by atoms with Gasteiger partial charge in [0.15, 0.2) is 0 Å². The minimum atomic E-state index is -3.57. The van der Waals surface area contributed by atoms with Crippen LogP contribution < -0.4 is 9.62 Å². The van der Waals surface area contributed by atoms with E-state index in [1.165, 1.54) is 10.6 Å². The predicted octanol–water partition coefficient (Wildman–Crippen LogP) is 5.86. The Morgan fingerprint density at radius 3 is 2.17 bits per heavy atom. The zero-order valence-corrected chi connectivity index (χ0v) is 26.5. The zero-order valence-electron chi connectivity index (χ0n) is 24.9. The van der Waals surface area contributed by atoms with Crippen molar-refractivity contribution in [1.82, 2.24) is 10.2 Å². The SMILES string of the molecule is CCc1ccc(N(CCCC(=O)N(Cc2cccc(Cl)c2)C(Cc2ccccc2)C(=O)NCC(C)C)S(C)(=O)=O)cc1. The van der Waals surface area contributed by atoms with E-state index >= 15 is 0 Å².